The van der Waals surface area contributed by atoms with Crippen molar-refractivity contribution in [2.24, 2.45) is 10.9 Å². The highest BCUT2D eigenvalue weighted by Crippen LogP contribution is 2.26. The molecule has 0 saturated heterocycles. The number of rotatable bonds is 9. The standard InChI is InChI=1S/C20H32N4O2.HI/c1-3-26-13-7-12-22-20(21-2)23-15-16-8-6-11-18(14-16)24-19(25)17-9-4-5-10-17;/h6,8,11,14,17H,3-5,7,9-10,12-13,15H2,1-2H3,(H,24,25)(H2,21,22,23);1H. The quantitative estimate of drug-likeness (QED) is 0.215. The molecule has 2 rings (SSSR count). The van der Waals surface area contributed by atoms with Crippen molar-refractivity contribution >= 4 is 41.5 Å². The van der Waals surface area contributed by atoms with Crippen molar-refractivity contribution in [3.05, 3.63) is 29.8 Å². The van der Waals surface area contributed by atoms with Crippen LogP contribution in [0.1, 0.15) is 44.6 Å². The van der Waals surface area contributed by atoms with Gasteiger partial charge in [0.15, 0.2) is 5.96 Å². The Bertz CT molecular complexity index is 589. The van der Waals surface area contributed by atoms with Crippen molar-refractivity contribution in [2.45, 2.75) is 45.6 Å². The third-order valence-electron chi connectivity index (χ3n) is 4.57. The van der Waals surface area contributed by atoms with E-state index in [9.17, 15) is 4.79 Å². The predicted molar refractivity (Wildman–Crippen MR) is 122 cm³/mol. The third-order valence-corrected chi connectivity index (χ3v) is 4.57. The number of nitrogens with zero attached hydrogens (tertiary/aromatic N) is 1. The van der Waals surface area contributed by atoms with Gasteiger partial charge in [-0.3, -0.25) is 9.79 Å². The van der Waals surface area contributed by atoms with Crippen LogP contribution >= 0.6 is 24.0 Å². The van der Waals surface area contributed by atoms with Gasteiger partial charge in [-0.2, -0.15) is 0 Å². The maximum Gasteiger partial charge on any atom is 0.227 e. The zero-order valence-corrected chi connectivity index (χ0v) is 18.8. The predicted octanol–water partition coefficient (Wildman–Crippen LogP) is 3.52. The van der Waals surface area contributed by atoms with Gasteiger partial charge in [-0.1, -0.05) is 25.0 Å². The minimum atomic E-state index is 0. The number of carbonyl (C=O) groups excluding carboxylic acids is 1. The van der Waals surface area contributed by atoms with Crippen LogP contribution in [0.3, 0.4) is 0 Å². The number of guanidine groups is 1. The third kappa shape index (κ3) is 8.92. The van der Waals surface area contributed by atoms with Crippen LogP contribution in [0.4, 0.5) is 5.69 Å². The average molecular weight is 488 g/mol. The molecule has 0 spiro atoms. The Morgan fingerprint density at radius 3 is 2.74 bits per heavy atom. The summed E-state index contributed by atoms with van der Waals surface area (Å²) >= 11 is 0. The highest BCUT2D eigenvalue weighted by atomic mass is 127. The second kappa shape index (κ2) is 13.8. The van der Waals surface area contributed by atoms with Crippen molar-refractivity contribution < 1.29 is 9.53 Å². The van der Waals surface area contributed by atoms with Gasteiger partial charge >= 0.3 is 0 Å². The van der Waals surface area contributed by atoms with Gasteiger partial charge < -0.3 is 20.7 Å². The minimum absolute atomic E-state index is 0. The Kier molecular flexibility index (Phi) is 12.1. The summed E-state index contributed by atoms with van der Waals surface area (Å²) in [5.41, 5.74) is 1.97. The number of carbonyl (C=O) groups is 1. The number of benzene rings is 1. The number of ether oxygens (including phenoxy) is 1. The SMILES string of the molecule is CCOCCCNC(=NC)NCc1cccc(NC(=O)C2CCCC2)c1.I. The first-order valence-corrected chi connectivity index (χ1v) is 9.65. The molecule has 7 heteroatoms. The maximum absolute atomic E-state index is 12.3. The fraction of sp³-hybridized carbons (Fsp3) is 0.600. The first kappa shape index (κ1) is 23.7. The summed E-state index contributed by atoms with van der Waals surface area (Å²) in [4.78, 5) is 16.5. The fourth-order valence-corrected chi connectivity index (χ4v) is 3.12. The summed E-state index contributed by atoms with van der Waals surface area (Å²) in [5, 5.41) is 9.62. The molecule has 0 bridgehead atoms. The van der Waals surface area contributed by atoms with Crippen molar-refractivity contribution in [1.82, 2.24) is 10.6 Å². The summed E-state index contributed by atoms with van der Waals surface area (Å²) in [7, 11) is 1.76. The van der Waals surface area contributed by atoms with E-state index in [1.807, 2.05) is 31.2 Å². The molecular weight excluding hydrogens is 455 g/mol. The molecule has 0 unspecified atom stereocenters. The lowest BCUT2D eigenvalue weighted by Gasteiger charge is -2.14. The van der Waals surface area contributed by atoms with Gasteiger partial charge in [-0.05, 0) is 43.9 Å². The number of nitrogens with one attached hydrogen (secondary N) is 3. The lowest BCUT2D eigenvalue weighted by molar-refractivity contribution is -0.119. The van der Waals surface area contributed by atoms with E-state index in [-0.39, 0.29) is 35.8 Å². The summed E-state index contributed by atoms with van der Waals surface area (Å²) in [5.74, 6) is 1.10. The van der Waals surface area contributed by atoms with E-state index >= 15 is 0 Å². The zero-order valence-electron chi connectivity index (χ0n) is 16.4. The molecule has 3 N–H and O–H groups in total. The Morgan fingerprint density at radius 1 is 1.26 bits per heavy atom. The van der Waals surface area contributed by atoms with Crippen LogP contribution < -0.4 is 16.0 Å². The second-order valence-electron chi connectivity index (χ2n) is 6.57. The molecule has 1 aliphatic carbocycles. The van der Waals surface area contributed by atoms with E-state index in [1.54, 1.807) is 7.05 Å². The van der Waals surface area contributed by atoms with Gasteiger partial charge in [0.25, 0.3) is 0 Å². The molecule has 6 nitrogen and oxygen atoms in total. The lowest BCUT2D eigenvalue weighted by Crippen LogP contribution is -2.37. The molecule has 1 fully saturated rings. The summed E-state index contributed by atoms with van der Waals surface area (Å²) in [6, 6.07) is 7.97. The number of hydrogen-bond acceptors (Lipinski definition) is 3. The van der Waals surface area contributed by atoms with E-state index in [2.05, 4.69) is 20.9 Å². The molecule has 1 saturated carbocycles. The largest absolute Gasteiger partial charge is 0.382 e. The Labute approximate surface area is 179 Å². The molecule has 1 aromatic rings. The minimum Gasteiger partial charge on any atom is -0.382 e. The van der Waals surface area contributed by atoms with E-state index in [1.165, 1.54) is 12.8 Å². The molecule has 1 amide bonds. The highest BCUT2D eigenvalue weighted by molar-refractivity contribution is 14.0. The maximum atomic E-state index is 12.3. The van der Waals surface area contributed by atoms with Gasteiger partial charge in [0.1, 0.15) is 0 Å². The van der Waals surface area contributed by atoms with Crippen LogP contribution in [-0.2, 0) is 16.1 Å². The molecule has 152 valence electrons. The van der Waals surface area contributed by atoms with E-state index in [0.29, 0.717) is 6.54 Å². The van der Waals surface area contributed by atoms with Gasteiger partial charge in [0, 0.05) is 45.0 Å². The van der Waals surface area contributed by atoms with Crippen molar-refractivity contribution in [1.29, 1.82) is 0 Å². The van der Waals surface area contributed by atoms with Crippen molar-refractivity contribution in [2.75, 3.05) is 32.1 Å². The zero-order chi connectivity index (χ0) is 18.6. The van der Waals surface area contributed by atoms with E-state index in [0.717, 1.165) is 56.2 Å². The molecule has 0 atom stereocenters. The van der Waals surface area contributed by atoms with Gasteiger partial charge in [-0.15, -0.1) is 24.0 Å². The summed E-state index contributed by atoms with van der Waals surface area (Å²) in [6.07, 6.45) is 5.30. The van der Waals surface area contributed by atoms with E-state index < -0.39 is 0 Å². The molecular formula is C20H33IN4O2. The van der Waals surface area contributed by atoms with Crippen LogP contribution in [-0.4, -0.2) is 38.7 Å². The molecule has 0 aliphatic heterocycles. The number of amides is 1. The van der Waals surface area contributed by atoms with Crippen molar-refractivity contribution in [3.63, 3.8) is 0 Å². The second-order valence-corrected chi connectivity index (χ2v) is 6.57. The topological polar surface area (TPSA) is 74.8 Å². The van der Waals surface area contributed by atoms with Crippen LogP contribution in [0.2, 0.25) is 0 Å². The molecule has 1 aromatic carbocycles. The molecule has 0 heterocycles. The smallest absolute Gasteiger partial charge is 0.227 e. The lowest BCUT2D eigenvalue weighted by atomic mass is 10.1. The van der Waals surface area contributed by atoms with Crippen LogP contribution in [0.15, 0.2) is 29.3 Å². The Hall–Kier alpha value is -1.35. The number of halogens is 1. The van der Waals surface area contributed by atoms with Crippen molar-refractivity contribution in [3.8, 4) is 0 Å². The molecule has 0 radical (unpaired) electrons. The Morgan fingerprint density at radius 2 is 2.04 bits per heavy atom. The van der Waals surface area contributed by atoms with Crippen LogP contribution in [0.5, 0.6) is 0 Å². The average Bonchev–Trinajstić information content (AvgIpc) is 3.19. The fourth-order valence-electron chi connectivity index (χ4n) is 3.12. The first-order valence-electron chi connectivity index (χ1n) is 9.65. The molecule has 0 aromatic heterocycles. The number of aliphatic imine (C=N–C) groups is 1. The highest BCUT2D eigenvalue weighted by Gasteiger charge is 2.22. The molecule has 1 aliphatic rings. The van der Waals surface area contributed by atoms with Gasteiger partial charge in [-0.25, -0.2) is 0 Å². The van der Waals surface area contributed by atoms with E-state index in [4.69, 9.17) is 4.74 Å². The summed E-state index contributed by atoms with van der Waals surface area (Å²) in [6.45, 7) is 4.97. The van der Waals surface area contributed by atoms with Crippen LogP contribution in [0.25, 0.3) is 0 Å². The monoisotopic (exact) mass is 488 g/mol. The number of hydrogen-bond donors (Lipinski definition) is 3. The summed E-state index contributed by atoms with van der Waals surface area (Å²) < 4.78 is 5.33. The normalized spacial score (nSPS) is 14.5. The Balaban J connectivity index is 0.00000364. The molecule has 27 heavy (non-hydrogen) atoms. The first-order chi connectivity index (χ1) is 12.7. The number of anilines is 1. The van der Waals surface area contributed by atoms with Gasteiger partial charge in [0.05, 0.1) is 0 Å². The van der Waals surface area contributed by atoms with Gasteiger partial charge in [0.2, 0.25) is 5.91 Å². The van der Waals surface area contributed by atoms with Crippen LogP contribution in [0, 0.1) is 5.92 Å².